The number of benzene rings is 1. The van der Waals surface area contributed by atoms with Crippen molar-refractivity contribution in [1.82, 2.24) is 5.32 Å². The summed E-state index contributed by atoms with van der Waals surface area (Å²) in [7, 11) is 0. The molecule has 1 fully saturated rings. The molecule has 6 heteroatoms. The van der Waals surface area contributed by atoms with Crippen LogP contribution in [0.25, 0.3) is 0 Å². The van der Waals surface area contributed by atoms with E-state index >= 15 is 0 Å². The lowest BCUT2D eigenvalue weighted by Crippen LogP contribution is -2.30. The van der Waals surface area contributed by atoms with Gasteiger partial charge in [0.2, 0.25) is 0 Å². The van der Waals surface area contributed by atoms with E-state index in [4.69, 9.17) is 4.74 Å². The summed E-state index contributed by atoms with van der Waals surface area (Å²) >= 11 is 0. The van der Waals surface area contributed by atoms with Gasteiger partial charge in [0, 0.05) is 31.9 Å². The van der Waals surface area contributed by atoms with Crippen molar-refractivity contribution in [2.75, 3.05) is 26.3 Å². The average Bonchev–Trinajstić information content (AvgIpc) is 2.48. The topological polar surface area (TPSA) is 84.6 Å². The fourth-order valence-corrected chi connectivity index (χ4v) is 2.31. The number of nitro benzene ring substituents is 1. The van der Waals surface area contributed by atoms with E-state index in [1.54, 1.807) is 12.1 Å². The third kappa shape index (κ3) is 4.26. The minimum Gasteiger partial charge on any atom is -0.387 e. The Bertz CT molecular complexity index is 429. The summed E-state index contributed by atoms with van der Waals surface area (Å²) < 4.78 is 5.29. The van der Waals surface area contributed by atoms with Gasteiger partial charge in [-0.25, -0.2) is 0 Å². The summed E-state index contributed by atoms with van der Waals surface area (Å²) in [6.07, 6.45) is 1.47. The molecule has 1 heterocycles. The van der Waals surface area contributed by atoms with Gasteiger partial charge >= 0.3 is 0 Å². The Morgan fingerprint density at radius 1 is 1.35 bits per heavy atom. The van der Waals surface area contributed by atoms with Gasteiger partial charge in [0.25, 0.3) is 5.69 Å². The van der Waals surface area contributed by atoms with Crippen LogP contribution in [0.2, 0.25) is 0 Å². The lowest BCUT2D eigenvalue weighted by molar-refractivity contribution is -0.384. The molecule has 2 rings (SSSR count). The zero-order chi connectivity index (χ0) is 14.4. The molecule has 1 aliphatic heterocycles. The van der Waals surface area contributed by atoms with Crippen molar-refractivity contribution >= 4 is 5.69 Å². The smallest absolute Gasteiger partial charge is 0.269 e. The highest BCUT2D eigenvalue weighted by molar-refractivity contribution is 5.33. The molecule has 1 aromatic rings. The molecule has 0 radical (unpaired) electrons. The lowest BCUT2D eigenvalue weighted by atomic mass is 10.0. The Hall–Kier alpha value is -1.50. The first kappa shape index (κ1) is 14.9. The summed E-state index contributed by atoms with van der Waals surface area (Å²) in [5.41, 5.74) is 0.728. The molecule has 1 saturated heterocycles. The number of nitrogens with zero attached hydrogens (tertiary/aromatic N) is 1. The number of non-ortho nitro benzene ring substituents is 1. The van der Waals surface area contributed by atoms with Gasteiger partial charge in [0.15, 0.2) is 0 Å². The Labute approximate surface area is 117 Å². The fraction of sp³-hybridized carbons (Fsp3) is 0.571. The van der Waals surface area contributed by atoms with Crippen LogP contribution < -0.4 is 5.32 Å². The number of ether oxygens (including phenoxy) is 1. The SMILES string of the molecule is O=[N+]([O-])c1ccc(C(O)CNCC2CCOCC2)cc1. The predicted molar refractivity (Wildman–Crippen MR) is 74.5 cm³/mol. The maximum atomic E-state index is 10.5. The molecule has 0 aromatic heterocycles. The van der Waals surface area contributed by atoms with Gasteiger partial charge in [-0.1, -0.05) is 0 Å². The van der Waals surface area contributed by atoms with Crippen LogP contribution in [-0.2, 0) is 4.74 Å². The fourth-order valence-electron chi connectivity index (χ4n) is 2.31. The number of aliphatic hydroxyl groups excluding tert-OH is 1. The van der Waals surface area contributed by atoms with Crippen molar-refractivity contribution in [3.8, 4) is 0 Å². The van der Waals surface area contributed by atoms with E-state index in [2.05, 4.69) is 5.32 Å². The number of rotatable bonds is 6. The normalized spacial score (nSPS) is 17.9. The molecule has 1 atom stereocenters. The van der Waals surface area contributed by atoms with Crippen molar-refractivity contribution in [2.24, 2.45) is 5.92 Å². The van der Waals surface area contributed by atoms with Crippen LogP contribution in [0.4, 0.5) is 5.69 Å². The van der Waals surface area contributed by atoms with Crippen molar-refractivity contribution in [3.63, 3.8) is 0 Å². The molecule has 2 N–H and O–H groups in total. The van der Waals surface area contributed by atoms with E-state index in [-0.39, 0.29) is 5.69 Å². The van der Waals surface area contributed by atoms with E-state index in [1.807, 2.05) is 0 Å². The van der Waals surface area contributed by atoms with Crippen molar-refractivity contribution < 1.29 is 14.8 Å². The molecular formula is C14H20N2O4. The third-order valence-electron chi connectivity index (χ3n) is 3.60. The quantitative estimate of drug-likeness (QED) is 0.611. The highest BCUT2D eigenvalue weighted by Crippen LogP contribution is 2.18. The number of nitro groups is 1. The predicted octanol–water partition coefficient (Wildman–Crippen LogP) is 1.64. The maximum Gasteiger partial charge on any atom is 0.269 e. The first-order chi connectivity index (χ1) is 9.66. The number of aliphatic hydroxyl groups is 1. The van der Waals surface area contributed by atoms with Crippen LogP contribution in [0, 0.1) is 16.0 Å². The van der Waals surface area contributed by atoms with Crippen LogP contribution >= 0.6 is 0 Å². The molecule has 0 amide bonds. The molecule has 20 heavy (non-hydrogen) atoms. The number of hydrogen-bond donors (Lipinski definition) is 2. The Morgan fingerprint density at radius 2 is 2.00 bits per heavy atom. The van der Waals surface area contributed by atoms with Gasteiger partial charge in [0.1, 0.15) is 0 Å². The summed E-state index contributed by atoms with van der Waals surface area (Å²) in [6.45, 7) is 2.96. The van der Waals surface area contributed by atoms with Crippen molar-refractivity contribution in [2.45, 2.75) is 18.9 Å². The summed E-state index contributed by atoms with van der Waals surface area (Å²) in [4.78, 5) is 10.1. The molecular weight excluding hydrogens is 260 g/mol. The molecule has 0 bridgehead atoms. The van der Waals surface area contributed by atoms with Crippen LogP contribution in [0.15, 0.2) is 24.3 Å². The summed E-state index contributed by atoms with van der Waals surface area (Å²) in [6, 6.07) is 6.02. The molecule has 110 valence electrons. The molecule has 1 unspecified atom stereocenters. The van der Waals surface area contributed by atoms with Crippen LogP contribution in [0.1, 0.15) is 24.5 Å². The average molecular weight is 280 g/mol. The maximum absolute atomic E-state index is 10.5. The van der Waals surface area contributed by atoms with E-state index < -0.39 is 11.0 Å². The van der Waals surface area contributed by atoms with Gasteiger partial charge in [-0.15, -0.1) is 0 Å². The largest absolute Gasteiger partial charge is 0.387 e. The second-order valence-electron chi connectivity index (χ2n) is 5.08. The second-order valence-corrected chi connectivity index (χ2v) is 5.08. The molecule has 0 spiro atoms. The van der Waals surface area contributed by atoms with Gasteiger partial charge in [0.05, 0.1) is 11.0 Å². The van der Waals surface area contributed by atoms with E-state index in [0.717, 1.165) is 32.6 Å². The minimum absolute atomic E-state index is 0.0381. The van der Waals surface area contributed by atoms with Crippen LogP contribution in [0.5, 0.6) is 0 Å². The standard InChI is InChI=1S/C14H20N2O4/c17-14(10-15-9-11-5-7-20-8-6-11)12-1-3-13(4-2-12)16(18)19/h1-4,11,14-15,17H,5-10H2. The Morgan fingerprint density at radius 3 is 2.60 bits per heavy atom. The number of nitrogens with one attached hydrogen (secondary N) is 1. The van der Waals surface area contributed by atoms with Crippen molar-refractivity contribution in [1.29, 1.82) is 0 Å². The number of hydrogen-bond acceptors (Lipinski definition) is 5. The molecule has 0 saturated carbocycles. The molecule has 1 aliphatic rings. The van der Waals surface area contributed by atoms with Crippen LogP contribution in [0.3, 0.4) is 0 Å². The minimum atomic E-state index is -0.643. The lowest BCUT2D eigenvalue weighted by Gasteiger charge is -2.23. The highest BCUT2D eigenvalue weighted by Gasteiger charge is 2.15. The first-order valence-corrected chi connectivity index (χ1v) is 6.87. The summed E-state index contributed by atoms with van der Waals surface area (Å²) in [5.74, 6) is 0.604. The van der Waals surface area contributed by atoms with E-state index in [9.17, 15) is 15.2 Å². The molecule has 6 nitrogen and oxygen atoms in total. The molecule has 0 aliphatic carbocycles. The highest BCUT2D eigenvalue weighted by atomic mass is 16.6. The van der Waals surface area contributed by atoms with E-state index in [1.165, 1.54) is 12.1 Å². The van der Waals surface area contributed by atoms with Gasteiger partial charge in [-0.3, -0.25) is 10.1 Å². The second kappa shape index (κ2) is 7.33. The van der Waals surface area contributed by atoms with Gasteiger partial charge in [-0.2, -0.15) is 0 Å². The summed E-state index contributed by atoms with van der Waals surface area (Å²) in [5, 5.41) is 23.8. The van der Waals surface area contributed by atoms with Gasteiger partial charge < -0.3 is 15.2 Å². The monoisotopic (exact) mass is 280 g/mol. The Kier molecular flexibility index (Phi) is 5.46. The van der Waals surface area contributed by atoms with Crippen LogP contribution in [-0.4, -0.2) is 36.3 Å². The zero-order valence-electron chi connectivity index (χ0n) is 11.3. The first-order valence-electron chi connectivity index (χ1n) is 6.87. The van der Waals surface area contributed by atoms with Crippen molar-refractivity contribution in [3.05, 3.63) is 39.9 Å². The van der Waals surface area contributed by atoms with E-state index in [0.29, 0.717) is 18.0 Å². The van der Waals surface area contributed by atoms with Gasteiger partial charge in [-0.05, 0) is 43.0 Å². The zero-order valence-corrected chi connectivity index (χ0v) is 11.3. The Balaban J connectivity index is 1.76. The third-order valence-corrected chi connectivity index (χ3v) is 3.60. The molecule has 1 aromatic carbocycles.